The van der Waals surface area contributed by atoms with Crippen LogP contribution in [-0.4, -0.2) is 29.9 Å². The summed E-state index contributed by atoms with van der Waals surface area (Å²) in [5.74, 6) is -0.390. The average molecular weight is 335 g/mol. The number of nitrogens with two attached hydrogens (primary N) is 1. The molecule has 4 nitrogen and oxygen atoms in total. The van der Waals surface area contributed by atoms with Gasteiger partial charge in [-0.3, -0.25) is 4.79 Å². The van der Waals surface area contributed by atoms with Gasteiger partial charge in [-0.25, -0.2) is 4.39 Å². The van der Waals surface area contributed by atoms with Gasteiger partial charge in [-0.15, -0.1) is 11.3 Å². The maximum absolute atomic E-state index is 13.9. The van der Waals surface area contributed by atoms with Crippen LogP contribution < -0.4 is 11.1 Å². The quantitative estimate of drug-likeness (QED) is 0.898. The number of nitrogens with zero attached hydrogens (tertiary/aromatic N) is 1. The fourth-order valence-corrected chi connectivity index (χ4v) is 3.03. The molecule has 1 saturated heterocycles. The second-order valence-corrected chi connectivity index (χ2v) is 6.02. The topological polar surface area (TPSA) is 58.4 Å². The number of halogens is 1. The molecule has 0 aliphatic carbocycles. The Labute approximate surface area is 140 Å². The van der Waals surface area contributed by atoms with Gasteiger partial charge in [0.25, 0.3) is 5.91 Å². The number of hydrogen-bond acceptors (Lipinski definition) is 4. The first kappa shape index (κ1) is 17.4. The second kappa shape index (κ2) is 7.57. The maximum atomic E-state index is 13.9. The first-order valence-electron chi connectivity index (χ1n) is 7.69. The number of amides is 1. The first-order chi connectivity index (χ1) is 11.0. The molecule has 0 radical (unpaired) electrons. The molecule has 0 unspecified atom stereocenters. The Kier molecular flexibility index (Phi) is 5.74. The molecule has 1 aliphatic heterocycles. The van der Waals surface area contributed by atoms with Gasteiger partial charge in [0, 0.05) is 29.9 Å². The number of thiophene rings is 1. The lowest BCUT2D eigenvalue weighted by atomic mass is 10.1. The van der Waals surface area contributed by atoms with E-state index in [1.165, 1.54) is 17.4 Å². The standard InChI is InChI=1S/C15H16FN3OS.C2H6/c1-9-2-3-13(12(16)4-9)18-14-8-21-7-11(14)15(20)19-5-10(17)6-19;1-2/h2-4,7-8,10,18H,5-6,17H2,1H3;1-2H3. The van der Waals surface area contributed by atoms with Crippen molar-refractivity contribution < 1.29 is 9.18 Å². The Morgan fingerprint density at radius 3 is 2.61 bits per heavy atom. The number of aryl methyl sites for hydroxylation is 1. The molecule has 1 aliphatic rings. The summed E-state index contributed by atoms with van der Waals surface area (Å²) >= 11 is 1.41. The molecule has 1 aromatic carbocycles. The van der Waals surface area contributed by atoms with Crippen molar-refractivity contribution in [2.75, 3.05) is 18.4 Å². The summed E-state index contributed by atoms with van der Waals surface area (Å²) in [6.07, 6.45) is 0. The molecule has 1 amide bonds. The van der Waals surface area contributed by atoms with Crippen LogP contribution in [0.15, 0.2) is 29.0 Å². The van der Waals surface area contributed by atoms with Crippen LogP contribution in [-0.2, 0) is 0 Å². The molecule has 23 heavy (non-hydrogen) atoms. The number of nitrogens with one attached hydrogen (secondary N) is 1. The van der Waals surface area contributed by atoms with E-state index in [2.05, 4.69) is 5.32 Å². The van der Waals surface area contributed by atoms with Gasteiger partial charge in [0.1, 0.15) is 5.82 Å². The molecular formula is C17H22FN3OS. The summed E-state index contributed by atoms with van der Waals surface area (Å²) in [6, 6.07) is 5.03. The predicted octanol–water partition coefficient (Wildman–Crippen LogP) is 3.75. The zero-order chi connectivity index (χ0) is 17.0. The Morgan fingerprint density at radius 1 is 1.30 bits per heavy atom. The van der Waals surface area contributed by atoms with Crippen LogP contribution in [0.3, 0.4) is 0 Å². The van der Waals surface area contributed by atoms with Crippen LogP contribution in [0.1, 0.15) is 29.8 Å². The number of hydrogen-bond donors (Lipinski definition) is 2. The molecule has 6 heteroatoms. The summed E-state index contributed by atoms with van der Waals surface area (Å²) in [7, 11) is 0. The third-order valence-electron chi connectivity index (χ3n) is 3.48. The zero-order valence-electron chi connectivity index (χ0n) is 13.6. The minimum Gasteiger partial charge on any atom is -0.352 e. The Morgan fingerprint density at radius 2 is 2.00 bits per heavy atom. The summed E-state index contributed by atoms with van der Waals surface area (Å²) in [4.78, 5) is 14.0. The van der Waals surface area contributed by atoms with Crippen LogP contribution in [0.5, 0.6) is 0 Å². The van der Waals surface area contributed by atoms with Crippen LogP contribution in [0.4, 0.5) is 15.8 Å². The van der Waals surface area contributed by atoms with Crippen molar-refractivity contribution in [3.8, 4) is 0 Å². The number of carbonyl (C=O) groups is 1. The van der Waals surface area contributed by atoms with Gasteiger partial charge in [0.2, 0.25) is 0 Å². The van der Waals surface area contributed by atoms with Gasteiger partial charge in [-0.05, 0) is 24.6 Å². The Bertz CT molecular complexity index is 680. The number of likely N-dealkylation sites (tertiary alicyclic amines) is 1. The molecule has 0 bridgehead atoms. The zero-order valence-corrected chi connectivity index (χ0v) is 14.4. The van der Waals surface area contributed by atoms with Gasteiger partial charge in [0.05, 0.1) is 16.9 Å². The van der Waals surface area contributed by atoms with Crippen LogP contribution in [0.2, 0.25) is 0 Å². The van der Waals surface area contributed by atoms with E-state index in [9.17, 15) is 9.18 Å². The predicted molar refractivity (Wildman–Crippen MR) is 94.0 cm³/mol. The van der Waals surface area contributed by atoms with Crippen molar-refractivity contribution >= 4 is 28.6 Å². The van der Waals surface area contributed by atoms with Crippen molar-refractivity contribution in [1.29, 1.82) is 0 Å². The lowest BCUT2D eigenvalue weighted by molar-refractivity contribution is 0.0609. The highest BCUT2D eigenvalue weighted by atomic mass is 32.1. The molecule has 0 saturated carbocycles. The van der Waals surface area contributed by atoms with E-state index in [1.54, 1.807) is 16.3 Å². The van der Waals surface area contributed by atoms with E-state index in [4.69, 9.17) is 5.73 Å². The third kappa shape index (κ3) is 3.89. The second-order valence-electron chi connectivity index (χ2n) is 5.28. The molecular weight excluding hydrogens is 313 g/mol. The molecule has 3 rings (SSSR count). The van der Waals surface area contributed by atoms with E-state index in [0.29, 0.717) is 30.0 Å². The minimum absolute atomic E-state index is 0.0621. The lowest BCUT2D eigenvalue weighted by Gasteiger charge is -2.36. The highest BCUT2D eigenvalue weighted by molar-refractivity contribution is 7.08. The van der Waals surface area contributed by atoms with Crippen LogP contribution in [0, 0.1) is 12.7 Å². The molecule has 2 heterocycles. The van der Waals surface area contributed by atoms with E-state index in [-0.39, 0.29) is 17.8 Å². The monoisotopic (exact) mass is 335 g/mol. The summed E-state index contributed by atoms with van der Waals surface area (Å²) in [5.41, 5.74) is 8.12. The summed E-state index contributed by atoms with van der Waals surface area (Å²) in [6.45, 7) is 6.99. The number of anilines is 2. The number of rotatable bonds is 3. The fraction of sp³-hybridized carbons (Fsp3) is 0.353. The van der Waals surface area contributed by atoms with E-state index >= 15 is 0 Å². The molecule has 3 N–H and O–H groups in total. The fourth-order valence-electron chi connectivity index (χ4n) is 2.27. The van der Waals surface area contributed by atoms with Crippen LogP contribution in [0.25, 0.3) is 0 Å². The van der Waals surface area contributed by atoms with E-state index in [1.807, 2.05) is 32.2 Å². The molecule has 1 fully saturated rings. The Hall–Kier alpha value is -1.92. The van der Waals surface area contributed by atoms with Gasteiger partial charge < -0.3 is 16.0 Å². The SMILES string of the molecule is CC.Cc1ccc(Nc2cscc2C(=O)N2CC(N)C2)c(F)c1. The number of carbonyl (C=O) groups excluding carboxylic acids is 1. The van der Waals surface area contributed by atoms with Crippen LogP contribution >= 0.6 is 11.3 Å². The van der Waals surface area contributed by atoms with Crippen molar-refractivity contribution in [3.05, 3.63) is 45.9 Å². The largest absolute Gasteiger partial charge is 0.352 e. The van der Waals surface area contributed by atoms with Crippen molar-refractivity contribution in [1.82, 2.24) is 4.90 Å². The van der Waals surface area contributed by atoms with Gasteiger partial charge in [-0.1, -0.05) is 19.9 Å². The third-order valence-corrected chi connectivity index (χ3v) is 4.23. The van der Waals surface area contributed by atoms with Gasteiger partial charge in [-0.2, -0.15) is 0 Å². The van der Waals surface area contributed by atoms with Gasteiger partial charge in [0.15, 0.2) is 0 Å². The summed E-state index contributed by atoms with van der Waals surface area (Å²) < 4.78 is 13.9. The first-order valence-corrected chi connectivity index (χ1v) is 8.63. The smallest absolute Gasteiger partial charge is 0.256 e. The minimum atomic E-state index is -0.328. The highest BCUT2D eigenvalue weighted by Crippen LogP contribution is 2.28. The number of benzene rings is 1. The van der Waals surface area contributed by atoms with Gasteiger partial charge >= 0.3 is 0 Å². The van der Waals surface area contributed by atoms with Crippen molar-refractivity contribution in [3.63, 3.8) is 0 Å². The molecule has 0 spiro atoms. The van der Waals surface area contributed by atoms with Crippen molar-refractivity contribution in [2.24, 2.45) is 5.73 Å². The molecule has 1 aromatic heterocycles. The normalized spacial score (nSPS) is 13.9. The van der Waals surface area contributed by atoms with E-state index < -0.39 is 0 Å². The maximum Gasteiger partial charge on any atom is 0.256 e. The summed E-state index contributed by atoms with van der Waals surface area (Å²) in [5, 5.41) is 6.59. The molecule has 2 aromatic rings. The Balaban J connectivity index is 0.000000924. The highest BCUT2D eigenvalue weighted by Gasteiger charge is 2.30. The van der Waals surface area contributed by atoms with Crippen molar-refractivity contribution in [2.45, 2.75) is 26.8 Å². The lowest BCUT2D eigenvalue weighted by Crippen LogP contribution is -2.57. The average Bonchev–Trinajstić information content (AvgIpc) is 2.96. The molecule has 0 atom stereocenters. The molecule has 124 valence electrons. The van der Waals surface area contributed by atoms with E-state index in [0.717, 1.165) is 5.56 Å².